The van der Waals surface area contributed by atoms with Crippen LogP contribution >= 0.6 is 0 Å². The molecule has 0 spiro atoms. The lowest BCUT2D eigenvalue weighted by molar-refractivity contribution is 0.277. The standard InChI is InChI=1S/C14H16N2O/c1-3-11-9-13(5-6-14(11)16-8-1)17-10-12-4-2-7-15-12/h1,3,5-6,8-9,12,15H,2,4,7,10H2/t12-/m1/s1. The third-order valence-electron chi connectivity index (χ3n) is 3.19. The Kier molecular flexibility index (Phi) is 2.92. The molecule has 1 aromatic heterocycles. The Morgan fingerprint density at radius 3 is 3.24 bits per heavy atom. The lowest BCUT2D eigenvalue weighted by Crippen LogP contribution is -2.28. The number of ether oxygens (including phenoxy) is 1. The van der Waals surface area contributed by atoms with E-state index in [1.807, 2.05) is 24.4 Å². The van der Waals surface area contributed by atoms with Crippen molar-refractivity contribution in [2.24, 2.45) is 0 Å². The zero-order valence-corrected chi connectivity index (χ0v) is 9.73. The molecule has 0 aliphatic carbocycles. The van der Waals surface area contributed by atoms with E-state index in [1.54, 1.807) is 0 Å². The van der Waals surface area contributed by atoms with Crippen LogP contribution in [0.5, 0.6) is 5.75 Å². The maximum absolute atomic E-state index is 5.81. The number of fused-ring (bicyclic) bond motifs is 1. The number of hydrogen-bond acceptors (Lipinski definition) is 3. The fraction of sp³-hybridized carbons (Fsp3) is 0.357. The summed E-state index contributed by atoms with van der Waals surface area (Å²) in [5, 5.41) is 4.56. The van der Waals surface area contributed by atoms with E-state index in [0.29, 0.717) is 6.04 Å². The molecule has 1 fully saturated rings. The molecule has 0 bridgehead atoms. The van der Waals surface area contributed by atoms with Gasteiger partial charge in [0.1, 0.15) is 12.4 Å². The maximum Gasteiger partial charge on any atom is 0.120 e. The van der Waals surface area contributed by atoms with Gasteiger partial charge in [-0.2, -0.15) is 0 Å². The number of benzene rings is 1. The molecule has 1 aliphatic rings. The van der Waals surface area contributed by atoms with Crippen LogP contribution in [0.25, 0.3) is 10.9 Å². The molecular formula is C14H16N2O. The smallest absolute Gasteiger partial charge is 0.120 e. The van der Waals surface area contributed by atoms with Crippen molar-refractivity contribution in [3.8, 4) is 5.75 Å². The highest BCUT2D eigenvalue weighted by Crippen LogP contribution is 2.19. The number of nitrogens with zero attached hydrogens (tertiary/aromatic N) is 1. The summed E-state index contributed by atoms with van der Waals surface area (Å²) in [7, 11) is 0. The summed E-state index contributed by atoms with van der Waals surface area (Å²) in [5.74, 6) is 0.930. The molecule has 3 heteroatoms. The first-order valence-corrected chi connectivity index (χ1v) is 6.13. The number of hydrogen-bond donors (Lipinski definition) is 1. The second-order valence-electron chi connectivity index (χ2n) is 4.46. The number of aromatic nitrogens is 1. The number of pyridine rings is 1. The van der Waals surface area contributed by atoms with Crippen LogP contribution in [-0.2, 0) is 0 Å². The van der Waals surface area contributed by atoms with E-state index in [0.717, 1.165) is 29.8 Å². The highest BCUT2D eigenvalue weighted by atomic mass is 16.5. The van der Waals surface area contributed by atoms with E-state index >= 15 is 0 Å². The lowest BCUT2D eigenvalue weighted by atomic mass is 10.2. The molecule has 1 aliphatic heterocycles. The third kappa shape index (κ3) is 2.39. The normalized spacial score (nSPS) is 19.6. The van der Waals surface area contributed by atoms with Gasteiger partial charge < -0.3 is 10.1 Å². The Hall–Kier alpha value is -1.61. The van der Waals surface area contributed by atoms with Crippen LogP contribution in [0.1, 0.15) is 12.8 Å². The Balaban J connectivity index is 1.72. The Bertz CT molecular complexity index is 506. The lowest BCUT2D eigenvalue weighted by Gasteiger charge is -2.12. The predicted molar refractivity (Wildman–Crippen MR) is 68.3 cm³/mol. The average Bonchev–Trinajstić information content (AvgIpc) is 2.89. The minimum atomic E-state index is 0.514. The first-order chi connectivity index (χ1) is 8.42. The summed E-state index contributed by atoms with van der Waals surface area (Å²) in [6, 6.07) is 10.6. The quantitative estimate of drug-likeness (QED) is 0.875. The van der Waals surface area contributed by atoms with Crippen molar-refractivity contribution < 1.29 is 4.74 Å². The molecule has 88 valence electrons. The summed E-state index contributed by atoms with van der Waals surface area (Å²) in [5.41, 5.74) is 1.01. The summed E-state index contributed by atoms with van der Waals surface area (Å²) in [6.45, 7) is 1.88. The molecule has 3 rings (SSSR count). The van der Waals surface area contributed by atoms with Gasteiger partial charge >= 0.3 is 0 Å². The van der Waals surface area contributed by atoms with Crippen molar-refractivity contribution in [2.45, 2.75) is 18.9 Å². The summed E-state index contributed by atoms with van der Waals surface area (Å²) < 4.78 is 5.81. The monoisotopic (exact) mass is 228 g/mol. The minimum absolute atomic E-state index is 0.514. The molecule has 1 N–H and O–H groups in total. The molecule has 1 atom stereocenters. The van der Waals surface area contributed by atoms with Gasteiger partial charge in [0.25, 0.3) is 0 Å². The van der Waals surface area contributed by atoms with Gasteiger partial charge in [0, 0.05) is 17.6 Å². The van der Waals surface area contributed by atoms with Crippen LogP contribution in [0.15, 0.2) is 36.5 Å². The van der Waals surface area contributed by atoms with Crippen LogP contribution < -0.4 is 10.1 Å². The summed E-state index contributed by atoms with van der Waals surface area (Å²) in [4.78, 5) is 4.29. The summed E-state index contributed by atoms with van der Waals surface area (Å²) >= 11 is 0. The Labute approximate surface area is 101 Å². The van der Waals surface area contributed by atoms with Crippen molar-refractivity contribution >= 4 is 10.9 Å². The van der Waals surface area contributed by atoms with Gasteiger partial charge in [-0.25, -0.2) is 0 Å². The van der Waals surface area contributed by atoms with Crippen LogP contribution in [0.4, 0.5) is 0 Å². The number of nitrogens with one attached hydrogen (secondary N) is 1. The van der Waals surface area contributed by atoms with Crippen molar-refractivity contribution in [1.82, 2.24) is 10.3 Å². The van der Waals surface area contributed by atoms with Crippen LogP contribution in [-0.4, -0.2) is 24.2 Å². The van der Waals surface area contributed by atoms with Gasteiger partial charge in [-0.15, -0.1) is 0 Å². The summed E-state index contributed by atoms with van der Waals surface area (Å²) in [6.07, 6.45) is 4.29. The number of rotatable bonds is 3. The third-order valence-corrected chi connectivity index (χ3v) is 3.19. The molecule has 0 saturated carbocycles. The Morgan fingerprint density at radius 1 is 1.35 bits per heavy atom. The van der Waals surface area contributed by atoms with E-state index in [9.17, 15) is 0 Å². The van der Waals surface area contributed by atoms with Crippen molar-refractivity contribution in [2.75, 3.05) is 13.2 Å². The van der Waals surface area contributed by atoms with Gasteiger partial charge in [-0.05, 0) is 43.7 Å². The minimum Gasteiger partial charge on any atom is -0.492 e. The molecule has 2 aromatic rings. The van der Waals surface area contributed by atoms with Crippen LogP contribution in [0.3, 0.4) is 0 Å². The SMILES string of the molecule is c1cnc2ccc(OC[C@H]3CCCN3)cc2c1. The van der Waals surface area contributed by atoms with Gasteiger partial charge in [0.05, 0.1) is 5.52 Å². The van der Waals surface area contributed by atoms with Crippen molar-refractivity contribution in [1.29, 1.82) is 0 Å². The van der Waals surface area contributed by atoms with E-state index in [4.69, 9.17) is 4.74 Å². The molecule has 2 heterocycles. The van der Waals surface area contributed by atoms with Gasteiger partial charge in [0.2, 0.25) is 0 Å². The van der Waals surface area contributed by atoms with E-state index in [1.165, 1.54) is 12.8 Å². The van der Waals surface area contributed by atoms with Crippen molar-refractivity contribution in [3.63, 3.8) is 0 Å². The zero-order chi connectivity index (χ0) is 11.5. The Morgan fingerprint density at radius 2 is 2.35 bits per heavy atom. The fourth-order valence-corrected chi connectivity index (χ4v) is 2.24. The maximum atomic E-state index is 5.81. The first kappa shape index (κ1) is 10.5. The van der Waals surface area contributed by atoms with E-state index < -0.39 is 0 Å². The highest BCUT2D eigenvalue weighted by Gasteiger charge is 2.14. The molecule has 0 radical (unpaired) electrons. The van der Waals surface area contributed by atoms with Gasteiger partial charge in [-0.1, -0.05) is 6.07 Å². The van der Waals surface area contributed by atoms with E-state index in [2.05, 4.69) is 22.4 Å². The highest BCUT2D eigenvalue weighted by molar-refractivity contribution is 5.79. The molecule has 0 amide bonds. The van der Waals surface area contributed by atoms with E-state index in [-0.39, 0.29) is 0 Å². The van der Waals surface area contributed by atoms with Crippen LogP contribution in [0, 0.1) is 0 Å². The molecule has 3 nitrogen and oxygen atoms in total. The molecule has 1 aromatic carbocycles. The van der Waals surface area contributed by atoms with Gasteiger partial charge in [0.15, 0.2) is 0 Å². The molecule has 17 heavy (non-hydrogen) atoms. The predicted octanol–water partition coefficient (Wildman–Crippen LogP) is 2.37. The molecular weight excluding hydrogens is 212 g/mol. The topological polar surface area (TPSA) is 34.1 Å². The van der Waals surface area contributed by atoms with Crippen LogP contribution in [0.2, 0.25) is 0 Å². The molecule has 1 saturated heterocycles. The first-order valence-electron chi connectivity index (χ1n) is 6.13. The fourth-order valence-electron chi connectivity index (χ4n) is 2.24. The van der Waals surface area contributed by atoms with Crippen molar-refractivity contribution in [3.05, 3.63) is 36.5 Å². The van der Waals surface area contributed by atoms with Gasteiger partial charge in [-0.3, -0.25) is 4.98 Å². The second kappa shape index (κ2) is 4.72. The largest absolute Gasteiger partial charge is 0.492 e. The molecule has 0 unspecified atom stereocenters. The zero-order valence-electron chi connectivity index (χ0n) is 9.73. The average molecular weight is 228 g/mol. The second-order valence-corrected chi connectivity index (χ2v) is 4.46.